The van der Waals surface area contributed by atoms with E-state index in [2.05, 4.69) is 6.92 Å². The zero-order valence-corrected chi connectivity index (χ0v) is 18.9. The highest BCUT2D eigenvalue weighted by Crippen LogP contribution is 2.20. The van der Waals surface area contributed by atoms with Gasteiger partial charge in [0.1, 0.15) is 0 Å². The van der Waals surface area contributed by atoms with Crippen molar-refractivity contribution in [2.45, 2.75) is 125 Å². The molecule has 0 heterocycles. The summed E-state index contributed by atoms with van der Waals surface area (Å²) in [6, 6.07) is 0. The molecule has 0 radical (unpaired) electrons. The van der Waals surface area contributed by atoms with Crippen molar-refractivity contribution >= 4 is 11.9 Å². The molecule has 0 fully saturated rings. The lowest BCUT2D eigenvalue weighted by molar-refractivity contribution is -0.147. The molecule has 0 rings (SSSR count). The summed E-state index contributed by atoms with van der Waals surface area (Å²) in [6.45, 7) is 11.7. The summed E-state index contributed by atoms with van der Waals surface area (Å²) in [5.74, 6) is -0.629. The predicted octanol–water partition coefficient (Wildman–Crippen LogP) is 7.00. The third kappa shape index (κ3) is 21.1. The zero-order valence-electron chi connectivity index (χ0n) is 18.9. The van der Waals surface area contributed by atoms with E-state index in [-0.39, 0.29) is 23.9 Å². The summed E-state index contributed by atoms with van der Waals surface area (Å²) in [6.07, 6.45) is 14.4. The van der Waals surface area contributed by atoms with E-state index in [1.807, 2.05) is 27.7 Å². The standard InChI is InChI=1S/C17H34O2.C6H12O2/c1-4-5-6-7-8-9-10-11-12-13-14-16(15(2)3)17(18)19;1-4-6(7)8-5(2)3/h15-16H,4-14H2,1-3H3,(H,18,19);5H,4H2,1-3H3. The third-order valence-electron chi connectivity index (χ3n) is 4.65. The van der Waals surface area contributed by atoms with Crippen LogP contribution < -0.4 is 0 Å². The van der Waals surface area contributed by atoms with Crippen LogP contribution in [0.2, 0.25) is 0 Å². The normalized spacial score (nSPS) is 11.9. The molecule has 0 aromatic rings. The van der Waals surface area contributed by atoms with Gasteiger partial charge < -0.3 is 9.84 Å². The number of hydrogen-bond acceptors (Lipinski definition) is 3. The zero-order chi connectivity index (χ0) is 21.1. The molecule has 162 valence electrons. The van der Waals surface area contributed by atoms with Crippen LogP contribution in [0.25, 0.3) is 0 Å². The van der Waals surface area contributed by atoms with Crippen molar-refractivity contribution < 1.29 is 19.4 Å². The van der Waals surface area contributed by atoms with Crippen molar-refractivity contribution in [2.75, 3.05) is 0 Å². The Morgan fingerprint density at radius 1 is 0.778 bits per heavy atom. The molecule has 27 heavy (non-hydrogen) atoms. The molecule has 1 atom stereocenters. The molecule has 0 saturated heterocycles. The SMILES string of the molecule is CCC(=O)OC(C)C.CCCCCCCCCCCCC(C(=O)O)C(C)C. The van der Waals surface area contributed by atoms with E-state index in [4.69, 9.17) is 9.84 Å². The summed E-state index contributed by atoms with van der Waals surface area (Å²) in [5.41, 5.74) is 0. The quantitative estimate of drug-likeness (QED) is 0.243. The van der Waals surface area contributed by atoms with E-state index in [9.17, 15) is 9.59 Å². The molecule has 0 aliphatic carbocycles. The van der Waals surface area contributed by atoms with E-state index in [1.54, 1.807) is 6.92 Å². The number of aliphatic carboxylic acids is 1. The lowest BCUT2D eigenvalue weighted by atomic mass is 9.90. The van der Waals surface area contributed by atoms with E-state index in [1.165, 1.54) is 57.8 Å². The Balaban J connectivity index is 0. The Kier molecular flexibility index (Phi) is 20.5. The van der Waals surface area contributed by atoms with Gasteiger partial charge >= 0.3 is 11.9 Å². The smallest absolute Gasteiger partial charge is 0.306 e. The monoisotopic (exact) mass is 386 g/mol. The van der Waals surface area contributed by atoms with Crippen LogP contribution in [0.4, 0.5) is 0 Å². The molecular formula is C23H46O4. The first-order valence-electron chi connectivity index (χ1n) is 11.2. The molecule has 4 nitrogen and oxygen atoms in total. The fourth-order valence-corrected chi connectivity index (χ4v) is 2.94. The first kappa shape index (κ1) is 28.2. The van der Waals surface area contributed by atoms with Gasteiger partial charge in [0.25, 0.3) is 0 Å². The second kappa shape index (κ2) is 19.7. The number of ether oxygens (including phenoxy) is 1. The van der Waals surface area contributed by atoms with Gasteiger partial charge in [-0.2, -0.15) is 0 Å². The molecule has 0 spiro atoms. The first-order valence-corrected chi connectivity index (χ1v) is 11.2. The minimum atomic E-state index is -0.620. The van der Waals surface area contributed by atoms with Gasteiger partial charge in [0.05, 0.1) is 12.0 Å². The largest absolute Gasteiger partial charge is 0.481 e. The fourth-order valence-electron chi connectivity index (χ4n) is 2.94. The Morgan fingerprint density at radius 3 is 1.52 bits per heavy atom. The average molecular weight is 387 g/mol. The molecule has 0 amide bonds. The van der Waals surface area contributed by atoms with E-state index < -0.39 is 5.97 Å². The van der Waals surface area contributed by atoms with Crippen molar-refractivity contribution in [2.24, 2.45) is 11.8 Å². The van der Waals surface area contributed by atoms with Crippen molar-refractivity contribution in [3.8, 4) is 0 Å². The Labute approximate surface area is 168 Å². The van der Waals surface area contributed by atoms with Crippen LogP contribution in [0.3, 0.4) is 0 Å². The molecule has 1 unspecified atom stereocenters. The van der Waals surface area contributed by atoms with Gasteiger partial charge in [-0.05, 0) is 26.2 Å². The highest BCUT2D eigenvalue weighted by molar-refractivity contribution is 5.70. The summed E-state index contributed by atoms with van der Waals surface area (Å²) in [4.78, 5) is 21.4. The molecule has 0 bridgehead atoms. The molecule has 0 saturated carbocycles. The highest BCUT2D eigenvalue weighted by atomic mass is 16.5. The number of carboxylic acid groups (broad SMARTS) is 1. The second-order valence-corrected chi connectivity index (χ2v) is 8.05. The summed E-state index contributed by atoms with van der Waals surface area (Å²) < 4.78 is 4.76. The van der Waals surface area contributed by atoms with Crippen LogP contribution in [-0.4, -0.2) is 23.1 Å². The van der Waals surface area contributed by atoms with Gasteiger partial charge in [-0.3, -0.25) is 9.59 Å². The van der Waals surface area contributed by atoms with Crippen LogP contribution in [0, 0.1) is 11.8 Å². The van der Waals surface area contributed by atoms with E-state index >= 15 is 0 Å². The van der Waals surface area contributed by atoms with Gasteiger partial charge in [-0.1, -0.05) is 91.9 Å². The Morgan fingerprint density at radius 2 is 1.22 bits per heavy atom. The minimum Gasteiger partial charge on any atom is -0.481 e. The van der Waals surface area contributed by atoms with Crippen molar-refractivity contribution in [3.05, 3.63) is 0 Å². The summed E-state index contributed by atoms with van der Waals surface area (Å²) >= 11 is 0. The number of rotatable bonds is 15. The number of carbonyl (C=O) groups is 2. The highest BCUT2D eigenvalue weighted by Gasteiger charge is 2.20. The number of esters is 1. The molecular weight excluding hydrogens is 340 g/mol. The van der Waals surface area contributed by atoms with Crippen molar-refractivity contribution in [3.63, 3.8) is 0 Å². The van der Waals surface area contributed by atoms with Gasteiger partial charge in [0, 0.05) is 6.42 Å². The van der Waals surface area contributed by atoms with Gasteiger partial charge in [0.15, 0.2) is 0 Å². The van der Waals surface area contributed by atoms with Gasteiger partial charge in [-0.25, -0.2) is 0 Å². The van der Waals surface area contributed by atoms with E-state index in [0.717, 1.165) is 12.8 Å². The number of hydrogen-bond donors (Lipinski definition) is 1. The molecule has 4 heteroatoms. The van der Waals surface area contributed by atoms with Gasteiger partial charge in [-0.15, -0.1) is 0 Å². The van der Waals surface area contributed by atoms with Crippen LogP contribution in [0.1, 0.15) is 119 Å². The minimum absolute atomic E-state index is 0.0300. The molecule has 1 N–H and O–H groups in total. The Bertz CT molecular complexity index is 350. The van der Waals surface area contributed by atoms with Gasteiger partial charge in [0.2, 0.25) is 0 Å². The molecule has 0 aromatic carbocycles. The van der Waals surface area contributed by atoms with Crippen LogP contribution in [-0.2, 0) is 14.3 Å². The third-order valence-corrected chi connectivity index (χ3v) is 4.65. The lowest BCUT2D eigenvalue weighted by Crippen LogP contribution is -2.19. The molecule has 0 aromatic heterocycles. The second-order valence-electron chi connectivity index (χ2n) is 8.05. The fraction of sp³-hybridized carbons (Fsp3) is 0.913. The number of carbonyl (C=O) groups excluding carboxylic acids is 1. The topological polar surface area (TPSA) is 63.6 Å². The van der Waals surface area contributed by atoms with E-state index in [0.29, 0.717) is 6.42 Å². The van der Waals surface area contributed by atoms with Crippen LogP contribution in [0.5, 0.6) is 0 Å². The first-order chi connectivity index (χ1) is 12.8. The van der Waals surface area contributed by atoms with Crippen molar-refractivity contribution in [1.29, 1.82) is 0 Å². The lowest BCUT2D eigenvalue weighted by Gasteiger charge is -2.15. The maximum atomic E-state index is 11.0. The maximum absolute atomic E-state index is 11.0. The molecule has 0 aliphatic heterocycles. The number of carboxylic acids is 1. The van der Waals surface area contributed by atoms with Crippen LogP contribution in [0.15, 0.2) is 0 Å². The molecule has 0 aliphatic rings. The average Bonchev–Trinajstić information content (AvgIpc) is 2.59. The number of unbranched alkanes of at least 4 members (excludes halogenated alkanes) is 9. The van der Waals surface area contributed by atoms with Crippen LogP contribution >= 0.6 is 0 Å². The maximum Gasteiger partial charge on any atom is 0.306 e. The summed E-state index contributed by atoms with van der Waals surface area (Å²) in [5, 5.41) is 9.09. The van der Waals surface area contributed by atoms with Crippen molar-refractivity contribution in [1.82, 2.24) is 0 Å². The predicted molar refractivity (Wildman–Crippen MR) is 114 cm³/mol. The Hall–Kier alpha value is -1.06. The summed E-state index contributed by atoms with van der Waals surface area (Å²) in [7, 11) is 0.